The molecule has 0 spiro atoms. The minimum absolute atomic E-state index is 0.154. The third-order valence-corrected chi connectivity index (χ3v) is 5.94. The van der Waals surface area contributed by atoms with E-state index in [2.05, 4.69) is 0 Å². The number of nitrogens with zero attached hydrogens (tertiary/aromatic N) is 2. The van der Waals surface area contributed by atoms with Crippen molar-refractivity contribution in [3.63, 3.8) is 0 Å². The van der Waals surface area contributed by atoms with E-state index < -0.39 is 23.2 Å². The molecule has 1 unspecified atom stereocenters. The molecule has 2 N–H and O–H groups in total. The van der Waals surface area contributed by atoms with Gasteiger partial charge in [0.1, 0.15) is 6.04 Å². The second-order valence-corrected chi connectivity index (χ2v) is 8.78. The third kappa shape index (κ3) is 4.06. The molecule has 1 heterocycles. The van der Waals surface area contributed by atoms with Gasteiger partial charge in [0.05, 0.1) is 5.60 Å². The quantitative estimate of drug-likeness (QED) is 0.817. The highest BCUT2D eigenvalue weighted by Crippen LogP contribution is 2.46. The Bertz CT molecular complexity index is 704. The monoisotopic (exact) mass is 396 g/mol. The molecule has 2 amide bonds. The van der Waals surface area contributed by atoms with Crippen LogP contribution in [-0.4, -0.2) is 58.2 Å². The SMILES string of the molecule is CC(C)C(C(=O)N1CC[C@](O)(c2ccc(Cl)cc2)C(C)(C)C1)N(C)C(=O)O. The number of likely N-dealkylation sites (tertiary alicyclic amines) is 1. The Kier molecular flexibility index (Phi) is 6.12. The Labute approximate surface area is 165 Å². The second-order valence-electron chi connectivity index (χ2n) is 8.34. The molecule has 0 saturated carbocycles. The Hall–Kier alpha value is -1.79. The summed E-state index contributed by atoms with van der Waals surface area (Å²) in [7, 11) is 1.42. The summed E-state index contributed by atoms with van der Waals surface area (Å²) in [5, 5.41) is 21.3. The number of carbonyl (C=O) groups is 2. The summed E-state index contributed by atoms with van der Waals surface area (Å²) in [6.07, 6.45) is -0.759. The van der Waals surface area contributed by atoms with Crippen molar-refractivity contribution in [1.29, 1.82) is 0 Å². The van der Waals surface area contributed by atoms with Crippen molar-refractivity contribution in [3.05, 3.63) is 34.9 Å². The van der Waals surface area contributed by atoms with E-state index in [1.807, 2.05) is 39.8 Å². The number of hydrogen-bond donors (Lipinski definition) is 2. The lowest BCUT2D eigenvalue weighted by atomic mass is 9.66. The van der Waals surface area contributed by atoms with Crippen LogP contribution in [0.3, 0.4) is 0 Å². The van der Waals surface area contributed by atoms with E-state index in [4.69, 9.17) is 11.6 Å². The third-order valence-electron chi connectivity index (χ3n) is 5.69. The summed E-state index contributed by atoms with van der Waals surface area (Å²) in [5.74, 6) is -0.375. The number of hydrogen-bond acceptors (Lipinski definition) is 3. The molecule has 0 radical (unpaired) electrons. The van der Waals surface area contributed by atoms with Crippen LogP contribution in [0, 0.1) is 11.3 Å². The molecular formula is C20H29ClN2O4. The standard InChI is InChI=1S/C20H29ClN2O4/c1-13(2)16(22(5)18(25)26)17(24)23-11-10-20(27,19(3,4)12-23)14-6-8-15(21)9-7-14/h6-9,13,16,27H,10-12H2,1-5H3,(H,25,26)/t16?,20-/m0/s1. The number of carboxylic acid groups (broad SMARTS) is 1. The maximum atomic E-state index is 13.1. The number of piperidine rings is 1. The largest absolute Gasteiger partial charge is 0.465 e. The molecule has 6 nitrogen and oxygen atoms in total. The molecule has 1 aliphatic heterocycles. The van der Waals surface area contributed by atoms with E-state index in [9.17, 15) is 19.8 Å². The first-order valence-corrected chi connectivity index (χ1v) is 9.51. The number of benzene rings is 1. The first-order chi connectivity index (χ1) is 12.4. The van der Waals surface area contributed by atoms with Crippen molar-refractivity contribution in [2.24, 2.45) is 11.3 Å². The van der Waals surface area contributed by atoms with Gasteiger partial charge in [-0.15, -0.1) is 0 Å². The van der Waals surface area contributed by atoms with Gasteiger partial charge in [-0.1, -0.05) is 51.4 Å². The molecule has 27 heavy (non-hydrogen) atoms. The fourth-order valence-electron chi connectivity index (χ4n) is 3.98. The van der Waals surface area contributed by atoms with Crippen LogP contribution >= 0.6 is 11.6 Å². The second kappa shape index (κ2) is 7.68. The van der Waals surface area contributed by atoms with Crippen LogP contribution in [0.4, 0.5) is 4.79 Å². The fourth-order valence-corrected chi connectivity index (χ4v) is 4.10. The van der Waals surface area contributed by atoms with Crippen LogP contribution in [0.15, 0.2) is 24.3 Å². The number of halogens is 1. The van der Waals surface area contributed by atoms with Gasteiger partial charge < -0.3 is 15.1 Å². The van der Waals surface area contributed by atoms with E-state index in [0.717, 1.165) is 10.5 Å². The Morgan fingerprint density at radius 2 is 1.78 bits per heavy atom. The van der Waals surface area contributed by atoms with E-state index in [0.29, 0.717) is 24.5 Å². The van der Waals surface area contributed by atoms with Crippen molar-refractivity contribution >= 4 is 23.6 Å². The van der Waals surface area contributed by atoms with Crippen LogP contribution in [0.2, 0.25) is 5.02 Å². The van der Waals surface area contributed by atoms with Crippen LogP contribution < -0.4 is 0 Å². The first-order valence-electron chi connectivity index (χ1n) is 9.13. The number of likely N-dealkylation sites (N-methyl/N-ethyl adjacent to an activating group) is 1. The number of carbonyl (C=O) groups excluding carboxylic acids is 1. The van der Waals surface area contributed by atoms with Crippen LogP contribution in [0.1, 0.15) is 39.7 Å². The number of amides is 2. The molecule has 2 rings (SSSR count). The zero-order valence-electron chi connectivity index (χ0n) is 16.6. The molecule has 1 saturated heterocycles. The summed E-state index contributed by atoms with van der Waals surface area (Å²) in [4.78, 5) is 27.2. The van der Waals surface area contributed by atoms with Crippen molar-refractivity contribution in [1.82, 2.24) is 9.80 Å². The Morgan fingerprint density at radius 1 is 1.22 bits per heavy atom. The maximum Gasteiger partial charge on any atom is 0.407 e. The summed E-state index contributed by atoms with van der Waals surface area (Å²) in [6, 6.07) is 6.38. The van der Waals surface area contributed by atoms with Gasteiger partial charge in [0, 0.05) is 30.6 Å². The van der Waals surface area contributed by atoms with E-state index >= 15 is 0 Å². The van der Waals surface area contributed by atoms with Gasteiger partial charge in [-0.2, -0.15) is 0 Å². The average molecular weight is 397 g/mol. The lowest BCUT2D eigenvalue weighted by molar-refractivity contribution is -0.158. The molecule has 0 aliphatic carbocycles. The van der Waals surface area contributed by atoms with E-state index in [1.54, 1.807) is 17.0 Å². The highest BCUT2D eigenvalue weighted by Gasteiger charge is 2.50. The van der Waals surface area contributed by atoms with Crippen LogP contribution in [-0.2, 0) is 10.4 Å². The summed E-state index contributed by atoms with van der Waals surface area (Å²) in [5.41, 5.74) is -0.939. The maximum absolute atomic E-state index is 13.1. The lowest BCUT2D eigenvalue weighted by Gasteiger charge is -2.51. The van der Waals surface area contributed by atoms with Gasteiger partial charge >= 0.3 is 6.09 Å². The predicted octanol–water partition coefficient (Wildman–Crippen LogP) is 3.42. The van der Waals surface area contributed by atoms with Crippen molar-refractivity contribution in [3.8, 4) is 0 Å². The van der Waals surface area contributed by atoms with E-state index in [1.165, 1.54) is 7.05 Å². The predicted molar refractivity (Wildman–Crippen MR) is 105 cm³/mol. The molecule has 0 aromatic heterocycles. The zero-order valence-corrected chi connectivity index (χ0v) is 17.3. The topological polar surface area (TPSA) is 81.1 Å². The summed E-state index contributed by atoms with van der Waals surface area (Å²) in [6.45, 7) is 8.21. The van der Waals surface area contributed by atoms with Crippen LogP contribution in [0.25, 0.3) is 0 Å². The molecule has 7 heteroatoms. The summed E-state index contributed by atoms with van der Waals surface area (Å²) < 4.78 is 0. The molecule has 0 bridgehead atoms. The fraction of sp³-hybridized carbons (Fsp3) is 0.600. The summed E-state index contributed by atoms with van der Waals surface area (Å²) >= 11 is 5.96. The van der Waals surface area contributed by atoms with Gasteiger partial charge in [0.15, 0.2) is 0 Å². The molecule has 1 aromatic rings. The Morgan fingerprint density at radius 3 is 2.22 bits per heavy atom. The van der Waals surface area contributed by atoms with Crippen molar-refractivity contribution in [2.45, 2.75) is 45.8 Å². The lowest BCUT2D eigenvalue weighted by Crippen LogP contribution is -2.60. The number of rotatable bonds is 4. The molecule has 150 valence electrons. The number of aliphatic hydroxyl groups is 1. The minimum Gasteiger partial charge on any atom is -0.465 e. The molecule has 1 aromatic carbocycles. The van der Waals surface area contributed by atoms with E-state index in [-0.39, 0.29) is 11.8 Å². The van der Waals surface area contributed by atoms with Gasteiger partial charge in [0.2, 0.25) is 5.91 Å². The van der Waals surface area contributed by atoms with Crippen LogP contribution in [0.5, 0.6) is 0 Å². The molecule has 2 atom stereocenters. The van der Waals surface area contributed by atoms with Crippen molar-refractivity contribution in [2.75, 3.05) is 20.1 Å². The first kappa shape index (κ1) is 21.5. The highest BCUT2D eigenvalue weighted by atomic mass is 35.5. The smallest absolute Gasteiger partial charge is 0.407 e. The highest BCUT2D eigenvalue weighted by molar-refractivity contribution is 6.30. The van der Waals surface area contributed by atoms with Gasteiger partial charge in [-0.3, -0.25) is 9.69 Å². The Balaban J connectivity index is 2.26. The normalized spacial score (nSPS) is 23.2. The van der Waals surface area contributed by atoms with Gasteiger partial charge in [0.25, 0.3) is 0 Å². The molecule has 1 aliphatic rings. The van der Waals surface area contributed by atoms with Gasteiger partial charge in [-0.25, -0.2) is 4.79 Å². The minimum atomic E-state index is -1.13. The molecular weight excluding hydrogens is 368 g/mol. The van der Waals surface area contributed by atoms with Crippen molar-refractivity contribution < 1.29 is 19.8 Å². The zero-order chi connectivity index (χ0) is 20.6. The molecule has 1 fully saturated rings. The average Bonchev–Trinajstić information content (AvgIpc) is 2.57. The van der Waals surface area contributed by atoms with Gasteiger partial charge in [-0.05, 0) is 30.0 Å².